The lowest BCUT2D eigenvalue weighted by molar-refractivity contribution is 0.0510. The van der Waals surface area contributed by atoms with Crippen LogP contribution in [0.3, 0.4) is 0 Å². The van der Waals surface area contributed by atoms with Gasteiger partial charge < -0.3 is 28.8 Å². The molecule has 3 rings (SSSR count). The molecule has 0 radical (unpaired) electrons. The smallest absolute Gasteiger partial charge is 0.371 e. The van der Waals surface area contributed by atoms with E-state index in [1.54, 1.807) is 23.1 Å². The van der Waals surface area contributed by atoms with E-state index in [1.807, 2.05) is 0 Å². The standard InChI is InChI=1S/C19H20N2O7/c1-26-12-3-4-13(16(11-12)27-2)17(22)20-7-9-21(10-8-20)18(23)14-5-6-15(28-14)19(24)25/h3-6,11H,7-10H2,1-2H3,(H,24,25). The van der Waals surface area contributed by atoms with Crippen LogP contribution in [0.5, 0.6) is 11.5 Å². The summed E-state index contributed by atoms with van der Waals surface area (Å²) in [6.07, 6.45) is 0. The van der Waals surface area contributed by atoms with Crippen molar-refractivity contribution in [3.63, 3.8) is 0 Å². The molecule has 1 saturated heterocycles. The van der Waals surface area contributed by atoms with Gasteiger partial charge in [-0.05, 0) is 24.3 Å². The first kappa shape index (κ1) is 19.3. The number of ether oxygens (including phenoxy) is 2. The van der Waals surface area contributed by atoms with Crippen LogP contribution in [-0.2, 0) is 0 Å². The van der Waals surface area contributed by atoms with Crippen molar-refractivity contribution in [1.82, 2.24) is 9.80 Å². The van der Waals surface area contributed by atoms with E-state index in [1.165, 1.54) is 31.3 Å². The lowest BCUT2D eigenvalue weighted by atomic mass is 10.1. The fourth-order valence-electron chi connectivity index (χ4n) is 2.98. The van der Waals surface area contributed by atoms with E-state index >= 15 is 0 Å². The molecule has 2 aromatic rings. The van der Waals surface area contributed by atoms with Crippen LogP contribution in [0, 0.1) is 0 Å². The summed E-state index contributed by atoms with van der Waals surface area (Å²) in [5.74, 6) is -1.15. The van der Waals surface area contributed by atoms with Gasteiger partial charge in [0.2, 0.25) is 5.76 Å². The number of methoxy groups -OCH3 is 2. The molecule has 28 heavy (non-hydrogen) atoms. The number of rotatable bonds is 5. The van der Waals surface area contributed by atoms with Gasteiger partial charge in [0.05, 0.1) is 19.8 Å². The summed E-state index contributed by atoms with van der Waals surface area (Å²) < 4.78 is 15.5. The molecule has 0 bridgehead atoms. The van der Waals surface area contributed by atoms with Crippen LogP contribution in [-0.4, -0.2) is 73.1 Å². The maximum absolute atomic E-state index is 12.8. The summed E-state index contributed by atoms with van der Waals surface area (Å²) in [6.45, 7) is 1.30. The van der Waals surface area contributed by atoms with E-state index < -0.39 is 11.9 Å². The van der Waals surface area contributed by atoms with Gasteiger partial charge in [-0.3, -0.25) is 9.59 Å². The molecule has 2 amide bonds. The Morgan fingerprint density at radius 3 is 2.04 bits per heavy atom. The SMILES string of the molecule is COc1ccc(C(=O)N2CCN(C(=O)c3ccc(C(=O)O)o3)CC2)c(OC)c1. The Morgan fingerprint density at radius 2 is 1.50 bits per heavy atom. The minimum absolute atomic E-state index is 0.0333. The number of benzene rings is 1. The number of amides is 2. The first-order valence-corrected chi connectivity index (χ1v) is 8.58. The van der Waals surface area contributed by atoms with Crippen LogP contribution in [0.2, 0.25) is 0 Å². The molecule has 0 atom stereocenters. The molecule has 0 unspecified atom stereocenters. The summed E-state index contributed by atoms with van der Waals surface area (Å²) in [5.41, 5.74) is 0.417. The van der Waals surface area contributed by atoms with Crippen molar-refractivity contribution in [2.75, 3.05) is 40.4 Å². The zero-order valence-corrected chi connectivity index (χ0v) is 15.5. The normalized spacial score (nSPS) is 13.9. The van der Waals surface area contributed by atoms with Crippen LogP contribution in [0.25, 0.3) is 0 Å². The molecule has 1 aliphatic heterocycles. The molecule has 0 spiro atoms. The highest BCUT2D eigenvalue weighted by Crippen LogP contribution is 2.26. The maximum atomic E-state index is 12.8. The highest BCUT2D eigenvalue weighted by Gasteiger charge is 2.28. The van der Waals surface area contributed by atoms with Crippen molar-refractivity contribution in [2.24, 2.45) is 0 Å². The fourth-order valence-corrected chi connectivity index (χ4v) is 2.98. The first-order valence-electron chi connectivity index (χ1n) is 8.58. The molecule has 9 nitrogen and oxygen atoms in total. The Bertz CT molecular complexity index is 897. The number of hydrogen-bond donors (Lipinski definition) is 1. The second-order valence-electron chi connectivity index (χ2n) is 6.12. The fraction of sp³-hybridized carbons (Fsp3) is 0.316. The van der Waals surface area contributed by atoms with Crippen LogP contribution >= 0.6 is 0 Å². The molecule has 2 heterocycles. The van der Waals surface area contributed by atoms with Crippen molar-refractivity contribution in [2.45, 2.75) is 0 Å². The van der Waals surface area contributed by atoms with Crippen LogP contribution < -0.4 is 9.47 Å². The van der Waals surface area contributed by atoms with Gasteiger partial charge in [-0.2, -0.15) is 0 Å². The van der Waals surface area contributed by atoms with Gasteiger partial charge in [-0.1, -0.05) is 0 Å². The number of carboxylic acid groups (broad SMARTS) is 1. The Morgan fingerprint density at radius 1 is 0.893 bits per heavy atom. The maximum Gasteiger partial charge on any atom is 0.371 e. The third kappa shape index (κ3) is 3.78. The van der Waals surface area contributed by atoms with Crippen molar-refractivity contribution >= 4 is 17.8 Å². The Kier molecular flexibility index (Phi) is 5.53. The van der Waals surface area contributed by atoms with E-state index in [2.05, 4.69) is 0 Å². The van der Waals surface area contributed by atoms with Crippen molar-refractivity contribution in [1.29, 1.82) is 0 Å². The lowest BCUT2D eigenvalue weighted by Crippen LogP contribution is -2.50. The second kappa shape index (κ2) is 8.03. The number of piperazine rings is 1. The molecule has 1 aliphatic rings. The molecule has 1 fully saturated rings. The Hall–Kier alpha value is -3.49. The number of furan rings is 1. The number of carboxylic acids is 1. The van der Waals surface area contributed by atoms with Gasteiger partial charge in [0.25, 0.3) is 11.8 Å². The predicted molar refractivity (Wildman–Crippen MR) is 97.0 cm³/mol. The number of carbonyl (C=O) groups is 3. The third-order valence-electron chi connectivity index (χ3n) is 4.52. The third-order valence-corrected chi connectivity index (χ3v) is 4.52. The molecule has 1 N–H and O–H groups in total. The average Bonchev–Trinajstić information content (AvgIpc) is 3.23. The first-order chi connectivity index (χ1) is 13.4. The molecule has 0 saturated carbocycles. The molecule has 1 aromatic heterocycles. The van der Waals surface area contributed by atoms with E-state index in [0.29, 0.717) is 43.2 Å². The highest BCUT2D eigenvalue weighted by molar-refractivity contribution is 5.98. The number of hydrogen-bond acceptors (Lipinski definition) is 6. The second-order valence-corrected chi connectivity index (χ2v) is 6.12. The Labute approximate surface area is 161 Å². The van der Waals surface area contributed by atoms with Crippen molar-refractivity contribution in [3.8, 4) is 11.5 Å². The van der Waals surface area contributed by atoms with E-state index in [9.17, 15) is 14.4 Å². The number of carbonyl (C=O) groups excluding carboxylic acids is 2. The van der Waals surface area contributed by atoms with Crippen LogP contribution in [0.15, 0.2) is 34.7 Å². The van der Waals surface area contributed by atoms with Crippen LogP contribution in [0.4, 0.5) is 0 Å². The summed E-state index contributed by atoms with van der Waals surface area (Å²) in [7, 11) is 3.02. The van der Waals surface area contributed by atoms with E-state index in [-0.39, 0.29) is 17.4 Å². The molecule has 1 aromatic carbocycles. The highest BCUT2D eigenvalue weighted by atomic mass is 16.5. The summed E-state index contributed by atoms with van der Waals surface area (Å²) in [4.78, 5) is 39.3. The topological polar surface area (TPSA) is 110 Å². The largest absolute Gasteiger partial charge is 0.497 e. The van der Waals surface area contributed by atoms with Gasteiger partial charge in [-0.15, -0.1) is 0 Å². The summed E-state index contributed by atoms with van der Waals surface area (Å²) in [5, 5.41) is 8.89. The monoisotopic (exact) mass is 388 g/mol. The molecule has 9 heteroatoms. The van der Waals surface area contributed by atoms with Gasteiger partial charge >= 0.3 is 5.97 Å². The van der Waals surface area contributed by atoms with Gasteiger partial charge in [0, 0.05) is 32.2 Å². The summed E-state index contributed by atoms with van der Waals surface area (Å²) in [6, 6.07) is 7.56. The van der Waals surface area contributed by atoms with Gasteiger partial charge in [-0.25, -0.2) is 4.79 Å². The molecular weight excluding hydrogens is 368 g/mol. The van der Waals surface area contributed by atoms with Crippen molar-refractivity contribution < 1.29 is 33.4 Å². The zero-order valence-electron chi connectivity index (χ0n) is 15.5. The average molecular weight is 388 g/mol. The van der Waals surface area contributed by atoms with Gasteiger partial charge in [0.15, 0.2) is 5.76 Å². The van der Waals surface area contributed by atoms with Crippen LogP contribution in [0.1, 0.15) is 31.5 Å². The quantitative estimate of drug-likeness (QED) is 0.828. The molecule has 148 valence electrons. The molecular formula is C19H20N2O7. The van der Waals surface area contributed by atoms with Crippen molar-refractivity contribution in [3.05, 3.63) is 47.4 Å². The van der Waals surface area contributed by atoms with E-state index in [4.69, 9.17) is 19.0 Å². The predicted octanol–water partition coefficient (Wildman–Crippen LogP) is 1.59. The summed E-state index contributed by atoms with van der Waals surface area (Å²) >= 11 is 0. The molecule has 0 aliphatic carbocycles. The van der Waals surface area contributed by atoms with Gasteiger partial charge in [0.1, 0.15) is 11.5 Å². The van der Waals surface area contributed by atoms with E-state index in [0.717, 1.165) is 0 Å². The minimum atomic E-state index is -1.23. The zero-order chi connectivity index (χ0) is 20.3. The number of aromatic carboxylic acids is 1. The minimum Gasteiger partial charge on any atom is -0.497 e. The Balaban J connectivity index is 1.65. The lowest BCUT2D eigenvalue weighted by Gasteiger charge is -2.34. The number of nitrogens with zero attached hydrogens (tertiary/aromatic N) is 2.